The molecule has 0 radical (unpaired) electrons. The number of benzene rings is 2. The molecule has 2 aromatic rings. The van der Waals surface area contributed by atoms with Crippen LogP contribution in [0.3, 0.4) is 0 Å². The highest BCUT2D eigenvalue weighted by Gasteiger charge is 2.38. The minimum absolute atomic E-state index is 0.0406. The maximum Gasteiger partial charge on any atom is 0.254 e. The number of carbonyl (C=O) groups is 2. The second kappa shape index (κ2) is 15.6. The molecule has 1 saturated carbocycles. The zero-order valence-electron chi connectivity index (χ0n) is 26.5. The fourth-order valence-electron chi connectivity index (χ4n) is 6.65. The third kappa shape index (κ3) is 8.29. The van der Waals surface area contributed by atoms with Crippen LogP contribution in [0.2, 0.25) is 5.02 Å². The van der Waals surface area contributed by atoms with Gasteiger partial charge < -0.3 is 28.3 Å². The van der Waals surface area contributed by atoms with Crippen molar-refractivity contribution in [1.82, 2.24) is 5.32 Å². The van der Waals surface area contributed by atoms with Gasteiger partial charge in [0.05, 0.1) is 18.4 Å². The number of anilines is 1. The highest BCUT2D eigenvalue weighted by molar-refractivity contribution is 7.76. The molecular formula is C35H45ClN3O5S-. The van der Waals surface area contributed by atoms with Crippen LogP contribution in [-0.4, -0.2) is 49.5 Å². The monoisotopic (exact) mass is 654 g/mol. The number of methoxy groups -OCH3 is 1. The van der Waals surface area contributed by atoms with Crippen LogP contribution in [0, 0.1) is 11.8 Å². The molecule has 5 rings (SSSR count). The van der Waals surface area contributed by atoms with Crippen molar-refractivity contribution >= 4 is 39.7 Å². The van der Waals surface area contributed by atoms with E-state index in [4.69, 9.17) is 21.1 Å². The van der Waals surface area contributed by atoms with E-state index < -0.39 is 27.8 Å². The summed E-state index contributed by atoms with van der Waals surface area (Å²) in [4.78, 5) is 28.1. The highest BCUT2D eigenvalue weighted by Crippen LogP contribution is 2.42. The number of rotatable bonds is 4. The standard InChI is InChI=1S/C35H45ClN3O5S/c1-4-34(40)37-23(2)33-11-6-5-10-31(43-3)29-16-13-27(29)22-39-21-26-12-15-28(36)19-24(26)9-7-8-18-44-32-17-14-25(20-30(32)39)35(41)38-45(33)42/h5,10,12,14-15,17,19-20,23,27,29,31,33H,4,6-9,11,13,16,18,21-22H2,1-3H3,(H,37,40)/q-1/b10-5+/t23?,27-,29+,31-,33-/m0/s1. The van der Waals surface area contributed by atoms with Gasteiger partial charge in [-0.1, -0.05) is 48.4 Å². The first-order valence-electron chi connectivity index (χ1n) is 16.2. The van der Waals surface area contributed by atoms with Gasteiger partial charge in [-0.25, -0.2) is 0 Å². The van der Waals surface area contributed by atoms with Crippen LogP contribution in [-0.2, 0) is 37.3 Å². The van der Waals surface area contributed by atoms with Crippen molar-refractivity contribution < 1.29 is 23.3 Å². The Bertz CT molecular complexity index is 1490. The number of ether oxygens (including phenoxy) is 2. The Morgan fingerprint density at radius 2 is 2.02 bits per heavy atom. The predicted molar refractivity (Wildman–Crippen MR) is 179 cm³/mol. The number of hydrogen-bond donors (Lipinski definition) is 1. The number of fused-ring (bicyclic) bond motifs is 3. The Kier molecular flexibility index (Phi) is 11.6. The minimum atomic E-state index is -1.86. The molecule has 2 aromatic carbocycles. The number of aryl methyl sites for hydroxylation is 1. The van der Waals surface area contributed by atoms with Gasteiger partial charge in [-0.2, -0.15) is 10.6 Å². The SMILES string of the molecule is CCC(=O)NC(C)[C@@H]1CC/C=C/[C@H](OC)[C@@H]2CC[C@H]2CN2Cc3ccc(Cl)cc3CCCCOc3ccc(cc32)C(=O)N=[S-]1=O. The summed E-state index contributed by atoms with van der Waals surface area (Å²) in [6.45, 7) is 5.57. The van der Waals surface area contributed by atoms with E-state index in [9.17, 15) is 13.8 Å². The Morgan fingerprint density at radius 1 is 1.18 bits per heavy atom. The van der Waals surface area contributed by atoms with E-state index >= 15 is 0 Å². The summed E-state index contributed by atoms with van der Waals surface area (Å²) in [5.74, 6) is 0.782. The molecule has 2 bridgehead atoms. The molecule has 10 heteroatoms. The van der Waals surface area contributed by atoms with Crippen molar-refractivity contribution in [3.05, 3.63) is 70.3 Å². The first kappa shape index (κ1) is 33.5. The van der Waals surface area contributed by atoms with E-state index in [1.165, 1.54) is 11.1 Å². The van der Waals surface area contributed by atoms with Gasteiger partial charge in [0.25, 0.3) is 5.91 Å². The van der Waals surface area contributed by atoms with Crippen LogP contribution in [0.25, 0.3) is 0 Å². The lowest BCUT2D eigenvalue weighted by molar-refractivity contribution is -0.121. The van der Waals surface area contributed by atoms with Gasteiger partial charge in [-0.3, -0.25) is 9.59 Å². The van der Waals surface area contributed by atoms with Gasteiger partial charge >= 0.3 is 0 Å². The van der Waals surface area contributed by atoms with E-state index in [0.717, 1.165) is 55.1 Å². The molecule has 3 aliphatic rings. The van der Waals surface area contributed by atoms with Gasteiger partial charge in [0.15, 0.2) is 0 Å². The lowest BCUT2D eigenvalue weighted by atomic mass is 9.70. The fraction of sp³-hybridized carbons (Fsp3) is 0.543. The third-order valence-electron chi connectivity index (χ3n) is 9.44. The number of nitrogens with one attached hydrogen (secondary N) is 1. The van der Waals surface area contributed by atoms with Crippen molar-refractivity contribution in [3.63, 3.8) is 0 Å². The quantitative estimate of drug-likeness (QED) is 0.281. The molecule has 1 unspecified atom stereocenters. The smallest absolute Gasteiger partial charge is 0.254 e. The third-order valence-corrected chi connectivity index (χ3v) is 11.2. The molecule has 5 atom stereocenters. The van der Waals surface area contributed by atoms with Crippen LogP contribution in [0.5, 0.6) is 5.75 Å². The summed E-state index contributed by atoms with van der Waals surface area (Å²) in [6.07, 6.45) is 10.6. The molecule has 0 spiro atoms. The van der Waals surface area contributed by atoms with Crippen molar-refractivity contribution in [2.24, 2.45) is 16.2 Å². The maximum atomic E-state index is 13.6. The maximum absolute atomic E-state index is 13.6. The summed E-state index contributed by atoms with van der Waals surface area (Å²) in [5.41, 5.74) is 3.62. The molecule has 8 nitrogen and oxygen atoms in total. The molecule has 244 valence electrons. The first-order chi connectivity index (χ1) is 21.8. The molecule has 2 aliphatic heterocycles. The predicted octanol–water partition coefficient (Wildman–Crippen LogP) is 7.02. The van der Waals surface area contributed by atoms with Crippen LogP contribution in [0.1, 0.15) is 80.3 Å². The van der Waals surface area contributed by atoms with Crippen LogP contribution in [0.4, 0.5) is 5.69 Å². The summed E-state index contributed by atoms with van der Waals surface area (Å²) < 4.78 is 30.1. The van der Waals surface area contributed by atoms with Gasteiger partial charge in [0.1, 0.15) is 5.75 Å². The number of carbonyl (C=O) groups excluding carboxylic acids is 2. The minimum Gasteiger partial charge on any atom is -0.491 e. The number of hydrogen-bond acceptors (Lipinski definition) is 7. The van der Waals surface area contributed by atoms with Gasteiger partial charge in [-0.05, 0) is 98.7 Å². The Balaban J connectivity index is 1.59. The van der Waals surface area contributed by atoms with Crippen molar-refractivity contribution in [2.45, 2.75) is 89.2 Å². The van der Waals surface area contributed by atoms with Gasteiger partial charge in [0.2, 0.25) is 5.91 Å². The van der Waals surface area contributed by atoms with Crippen molar-refractivity contribution in [3.8, 4) is 5.75 Å². The topological polar surface area (TPSA) is 97.3 Å². The number of allylic oxidation sites excluding steroid dienone is 1. The second-order valence-electron chi connectivity index (χ2n) is 12.4. The summed E-state index contributed by atoms with van der Waals surface area (Å²) >= 11 is 6.43. The molecule has 1 aliphatic carbocycles. The summed E-state index contributed by atoms with van der Waals surface area (Å²) in [6, 6.07) is 11.1. The summed E-state index contributed by atoms with van der Waals surface area (Å²) in [5, 5.41) is 3.13. The lowest BCUT2D eigenvalue weighted by Gasteiger charge is -2.43. The van der Waals surface area contributed by atoms with Gasteiger partial charge in [-0.15, -0.1) is 0 Å². The number of halogens is 1. The Morgan fingerprint density at radius 3 is 2.78 bits per heavy atom. The summed E-state index contributed by atoms with van der Waals surface area (Å²) in [7, 11) is -0.100. The van der Waals surface area contributed by atoms with E-state index in [0.29, 0.717) is 49.8 Å². The fourth-order valence-corrected chi connectivity index (χ4v) is 8.01. The zero-order chi connectivity index (χ0) is 31.9. The average Bonchev–Trinajstić information content (AvgIpc) is 3.04. The molecular weight excluding hydrogens is 610 g/mol. The Hall–Kier alpha value is -2.88. The number of amides is 2. The zero-order valence-corrected chi connectivity index (χ0v) is 28.1. The molecule has 0 aromatic heterocycles. The molecule has 0 saturated heterocycles. The highest BCUT2D eigenvalue weighted by atomic mass is 35.5. The second-order valence-corrected chi connectivity index (χ2v) is 14.2. The lowest BCUT2D eigenvalue weighted by Crippen LogP contribution is -2.43. The van der Waals surface area contributed by atoms with Crippen molar-refractivity contribution in [1.29, 1.82) is 0 Å². The average molecular weight is 655 g/mol. The molecule has 2 heterocycles. The first-order valence-corrected chi connectivity index (χ1v) is 17.8. The van der Waals surface area contributed by atoms with E-state index in [1.54, 1.807) is 20.1 Å². The largest absolute Gasteiger partial charge is 0.491 e. The normalized spacial score (nSPS) is 26.0. The van der Waals surface area contributed by atoms with E-state index in [1.807, 2.05) is 25.1 Å². The molecule has 1 fully saturated rings. The van der Waals surface area contributed by atoms with Crippen LogP contribution < -0.4 is 15.0 Å². The Labute approximate surface area is 274 Å². The molecule has 45 heavy (non-hydrogen) atoms. The molecule has 1 N–H and O–H groups in total. The van der Waals surface area contributed by atoms with Crippen molar-refractivity contribution in [2.75, 3.05) is 25.2 Å². The van der Waals surface area contributed by atoms with Crippen LogP contribution in [0.15, 0.2) is 52.9 Å². The number of nitrogens with zero attached hydrogens (tertiary/aromatic N) is 2. The van der Waals surface area contributed by atoms with E-state index in [2.05, 4.69) is 38.9 Å². The molecule has 2 amide bonds. The van der Waals surface area contributed by atoms with Gasteiger partial charge in [0, 0.05) is 43.2 Å². The van der Waals surface area contributed by atoms with Crippen LogP contribution >= 0.6 is 11.6 Å². The van der Waals surface area contributed by atoms with E-state index in [-0.39, 0.29) is 12.0 Å².